The molecule has 3 aliphatic rings. The van der Waals surface area contributed by atoms with E-state index in [0.29, 0.717) is 12.5 Å². The van der Waals surface area contributed by atoms with Crippen LogP contribution in [0.4, 0.5) is 0 Å². The predicted octanol–water partition coefficient (Wildman–Crippen LogP) is 5.40. The van der Waals surface area contributed by atoms with Crippen molar-refractivity contribution in [3.8, 4) is 0 Å². The van der Waals surface area contributed by atoms with E-state index in [9.17, 15) is 4.79 Å². The number of aromatic amines is 1. The summed E-state index contributed by atoms with van der Waals surface area (Å²) >= 11 is 0. The number of amides is 1. The number of nitrogens with zero attached hydrogens (tertiary/aromatic N) is 3. The van der Waals surface area contributed by atoms with Crippen molar-refractivity contribution in [2.45, 2.75) is 46.1 Å². The third-order valence-electron chi connectivity index (χ3n) is 7.60. The second kappa shape index (κ2) is 8.69. The van der Waals surface area contributed by atoms with Crippen molar-refractivity contribution in [3.05, 3.63) is 77.6 Å². The lowest BCUT2D eigenvalue weighted by Crippen LogP contribution is -2.49. The van der Waals surface area contributed by atoms with Gasteiger partial charge in [-0.25, -0.2) is 4.99 Å². The van der Waals surface area contributed by atoms with E-state index in [-0.39, 0.29) is 5.41 Å². The summed E-state index contributed by atoms with van der Waals surface area (Å²) in [4.78, 5) is 26.2. The summed E-state index contributed by atoms with van der Waals surface area (Å²) in [6.07, 6.45) is 11.9. The fourth-order valence-electron chi connectivity index (χ4n) is 5.26. The Kier molecular flexibility index (Phi) is 5.73. The number of carbonyl (C=O) groups excluding carboxylic acids is 1. The zero-order chi connectivity index (χ0) is 23.0. The van der Waals surface area contributed by atoms with Gasteiger partial charge in [-0.15, -0.1) is 0 Å². The largest absolute Gasteiger partial charge is 0.361 e. The molecule has 1 N–H and O–H groups in total. The summed E-state index contributed by atoms with van der Waals surface area (Å²) < 4.78 is 0. The monoisotopic (exact) mass is 441 g/mol. The van der Waals surface area contributed by atoms with Gasteiger partial charge in [-0.2, -0.15) is 0 Å². The van der Waals surface area contributed by atoms with E-state index in [1.54, 1.807) is 0 Å². The number of nitrogens with one attached hydrogen (secondary N) is 1. The van der Waals surface area contributed by atoms with Gasteiger partial charge < -0.3 is 14.8 Å². The molecule has 1 radical (unpaired) electrons. The lowest BCUT2D eigenvalue weighted by atomic mass is 9.74. The van der Waals surface area contributed by atoms with Gasteiger partial charge >= 0.3 is 0 Å². The van der Waals surface area contributed by atoms with Crippen LogP contribution in [0.5, 0.6) is 0 Å². The first-order valence-electron chi connectivity index (χ1n) is 12.1. The van der Waals surface area contributed by atoms with E-state index in [1.807, 2.05) is 18.4 Å². The summed E-state index contributed by atoms with van der Waals surface area (Å²) in [5.74, 6) is 2.48. The zero-order valence-corrected chi connectivity index (χ0v) is 19.7. The van der Waals surface area contributed by atoms with Crippen LogP contribution in [0.3, 0.4) is 0 Å². The Morgan fingerprint density at radius 2 is 2.03 bits per heavy atom. The summed E-state index contributed by atoms with van der Waals surface area (Å²) in [7, 11) is 0. The highest BCUT2D eigenvalue weighted by molar-refractivity contribution is 5.91. The van der Waals surface area contributed by atoms with Crippen LogP contribution in [-0.4, -0.2) is 46.5 Å². The van der Waals surface area contributed by atoms with Crippen molar-refractivity contribution >= 4 is 23.0 Å². The maximum Gasteiger partial charge on any atom is 0.233 e. The Labute approximate surface area is 196 Å². The number of fused-ring (bicyclic) bond motifs is 3. The van der Waals surface area contributed by atoms with Crippen molar-refractivity contribution in [2.75, 3.05) is 19.6 Å². The molecule has 171 valence electrons. The number of hydrogen-bond acceptors (Lipinski definition) is 3. The number of likely N-dealkylation sites (tertiary alicyclic amines) is 2. The maximum absolute atomic E-state index is 14.0. The van der Waals surface area contributed by atoms with E-state index in [4.69, 9.17) is 0 Å². The molecular formula is C28H33N4O. The Hall–Kier alpha value is -3.08. The Bertz CT molecular complexity index is 1160. The molecule has 1 amide bonds. The van der Waals surface area contributed by atoms with Crippen LogP contribution in [0.2, 0.25) is 0 Å². The standard InChI is InChI=1S/C28H33N4O/c1-4-20(2)9-13-29-21(3)31-15-11-28(12-16-31)25-17-22(25)10-14-32(27(28)33)19-23-18-30-26-8-6-5-7-24(23)26/h5-9,13,17-18,30H,3-4,10-12,14-16,19H2,1-2H3/b20-9+,29-13-. The van der Waals surface area contributed by atoms with E-state index < -0.39 is 0 Å². The summed E-state index contributed by atoms with van der Waals surface area (Å²) in [6, 6.07) is 8.32. The molecule has 1 aromatic heterocycles. The fraction of sp³-hybridized carbons (Fsp3) is 0.393. The lowest BCUT2D eigenvalue weighted by Gasteiger charge is -2.42. The van der Waals surface area contributed by atoms with Gasteiger partial charge in [0.2, 0.25) is 5.91 Å². The quantitative estimate of drug-likeness (QED) is 0.611. The number of aromatic nitrogens is 1. The number of hydrogen-bond donors (Lipinski definition) is 1. The minimum atomic E-state index is -0.378. The first kappa shape index (κ1) is 21.7. The Morgan fingerprint density at radius 1 is 1.24 bits per heavy atom. The third kappa shape index (κ3) is 4.05. The third-order valence-corrected chi connectivity index (χ3v) is 7.60. The summed E-state index contributed by atoms with van der Waals surface area (Å²) in [5, 5.41) is 1.21. The van der Waals surface area contributed by atoms with Gasteiger partial charge in [-0.05, 0) is 55.9 Å². The van der Waals surface area contributed by atoms with Crippen LogP contribution < -0.4 is 0 Å². The topological polar surface area (TPSA) is 51.7 Å². The van der Waals surface area contributed by atoms with E-state index in [0.717, 1.165) is 56.7 Å². The van der Waals surface area contributed by atoms with Gasteiger partial charge in [0.15, 0.2) is 0 Å². The predicted molar refractivity (Wildman–Crippen MR) is 135 cm³/mol. The van der Waals surface area contributed by atoms with Crippen molar-refractivity contribution in [3.63, 3.8) is 0 Å². The van der Waals surface area contributed by atoms with Gasteiger partial charge in [-0.1, -0.05) is 43.4 Å². The summed E-state index contributed by atoms with van der Waals surface area (Å²) in [6.45, 7) is 11.5. The Morgan fingerprint density at radius 3 is 2.82 bits per heavy atom. The molecule has 2 saturated heterocycles. The van der Waals surface area contributed by atoms with E-state index in [2.05, 4.69) is 70.7 Å². The molecule has 0 bridgehead atoms. The van der Waals surface area contributed by atoms with Crippen LogP contribution in [0.1, 0.15) is 45.1 Å². The molecule has 1 aliphatic carbocycles. The van der Waals surface area contributed by atoms with Gasteiger partial charge in [-0.3, -0.25) is 4.79 Å². The van der Waals surface area contributed by atoms with Crippen molar-refractivity contribution < 1.29 is 4.79 Å². The zero-order valence-electron chi connectivity index (χ0n) is 19.7. The summed E-state index contributed by atoms with van der Waals surface area (Å²) in [5.41, 5.74) is 4.55. The molecule has 1 spiro atoms. The first-order chi connectivity index (χ1) is 16.0. The molecule has 5 nitrogen and oxygen atoms in total. The van der Waals surface area contributed by atoms with Crippen LogP contribution >= 0.6 is 0 Å². The van der Waals surface area contributed by atoms with Crippen molar-refractivity contribution in [1.82, 2.24) is 14.8 Å². The SMILES string of the molecule is C=C(/N=C\C=C(/C)CC)N1CCC2(CC1)C(=O)N(Cc1c[nH]c3ccccc13)CC[C]1C=C12. The van der Waals surface area contributed by atoms with Gasteiger partial charge in [0.25, 0.3) is 0 Å². The van der Waals surface area contributed by atoms with E-state index >= 15 is 0 Å². The number of rotatable bonds is 6. The van der Waals surface area contributed by atoms with Crippen molar-refractivity contribution in [2.24, 2.45) is 10.4 Å². The molecule has 2 aromatic rings. The lowest BCUT2D eigenvalue weighted by molar-refractivity contribution is -0.142. The molecule has 1 aromatic carbocycles. The molecule has 0 atom stereocenters. The minimum Gasteiger partial charge on any atom is -0.361 e. The number of benzene rings is 1. The molecule has 0 unspecified atom stereocenters. The molecule has 5 rings (SSSR count). The molecule has 33 heavy (non-hydrogen) atoms. The van der Waals surface area contributed by atoms with Gasteiger partial charge in [0, 0.05) is 55.4 Å². The smallest absolute Gasteiger partial charge is 0.233 e. The molecule has 5 heteroatoms. The number of H-pyrrole nitrogens is 1. The number of aliphatic imine (C=N–C) groups is 1. The fourth-order valence-corrected chi connectivity index (χ4v) is 5.26. The second-order valence-corrected chi connectivity index (χ2v) is 9.55. The highest BCUT2D eigenvalue weighted by Gasteiger charge is 2.54. The van der Waals surface area contributed by atoms with Gasteiger partial charge in [0.1, 0.15) is 5.82 Å². The molecule has 2 fully saturated rings. The number of allylic oxidation sites excluding steroid dienone is 3. The average molecular weight is 442 g/mol. The molecule has 2 aliphatic heterocycles. The van der Waals surface area contributed by atoms with Crippen molar-refractivity contribution in [1.29, 1.82) is 0 Å². The van der Waals surface area contributed by atoms with Crippen LogP contribution in [-0.2, 0) is 11.3 Å². The normalized spacial score (nSPS) is 21.0. The first-order valence-corrected chi connectivity index (χ1v) is 12.1. The highest BCUT2D eigenvalue weighted by Crippen LogP contribution is 2.55. The van der Waals surface area contributed by atoms with E-state index in [1.165, 1.54) is 28.0 Å². The van der Waals surface area contributed by atoms with Crippen LogP contribution in [0.15, 0.2) is 71.2 Å². The minimum absolute atomic E-state index is 0.293. The second-order valence-electron chi connectivity index (χ2n) is 9.55. The average Bonchev–Trinajstić information content (AvgIpc) is 3.54. The number of para-hydroxylation sites is 1. The Balaban J connectivity index is 1.30. The van der Waals surface area contributed by atoms with Gasteiger partial charge in [0.05, 0.1) is 5.41 Å². The molecular weight excluding hydrogens is 408 g/mol. The molecule has 0 saturated carbocycles. The van der Waals surface area contributed by atoms with Crippen LogP contribution in [0.25, 0.3) is 10.9 Å². The highest BCUT2D eigenvalue weighted by atomic mass is 16.2. The molecule has 3 heterocycles. The number of piperidine rings is 1. The van der Waals surface area contributed by atoms with Crippen LogP contribution in [0, 0.1) is 11.3 Å². The maximum atomic E-state index is 14.0. The number of carbonyl (C=O) groups is 1.